The number of nitrogens with one attached hydrogen (secondary N) is 1. The average Bonchev–Trinajstić information content (AvgIpc) is 3.06. The fraction of sp³-hybridized carbons (Fsp3) is 0.0476. The zero-order valence-electron chi connectivity index (χ0n) is 14.3. The molecule has 0 saturated carbocycles. The van der Waals surface area contributed by atoms with Gasteiger partial charge in [0.1, 0.15) is 11.5 Å². The molecule has 1 N–H and O–H groups in total. The Bertz CT molecular complexity index is 1150. The molecule has 2 heterocycles. The number of anilines is 1. The summed E-state index contributed by atoms with van der Waals surface area (Å²) in [7, 11) is 0. The Morgan fingerprint density at radius 3 is 2.44 bits per heavy atom. The Morgan fingerprint density at radius 1 is 1.00 bits per heavy atom. The molecule has 0 aliphatic heterocycles. The number of benzene rings is 2. The Kier molecular flexibility index (Phi) is 4.60. The maximum Gasteiger partial charge on any atom is 0.256 e. The predicted molar refractivity (Wildman–Crippen MR) is 109 cm³/mol. The summed E-state index contributed by atoms with van der Waals surface area (Å²) in [4.78, 5) is 17.6. The number of aryl methyl sites for hydroxylation is 1. The van der Waals surface area contributed by atoms with Crippen LogP contribution < -0.4 is 5.32 Å². The van der Waals surface area contributed by atoms with Gasteiger partial charge in [0.25, 0.3) is 5.91 Å². The second-order valence-corrected chi connectivity index (χ2v) is 6.97. The molecule has 0 spiro atoms. The average molecular weight is 397 g/mol. The van der Waals surface area contributed by atoms with E-state index in [0.29, 0.717) is 38.3 Å². The number of halogens is 2. The lowest BCUT2D eigenvalue weighted by Gasteiger charge is -2.10. The number of rotatable bonds is 3. The quantitative estimate of drug-likeness (QED) is 0.438. The summed E-state index contributed by atoms with van der Waals surface area (Å²) in [5, 5.41) is 4.49. The van der Waals surface area contributed by atoms with Crippen LogP contribution in [0.5, 0.6) is 0 Å². The smallest absolute Gasteiger partial charge is 0.256 e. The molecule has 6 heteroatoms. The number of carbonyl (C=O) groups is 1. The molecule has 2 aromatic heterocycles. The summed E-state index contributed by atoms with van der Waals surface area (Å²) in [6.45, 7) is 1.86. The van der Waals surface area contributed by atoms with Gasteiger partial charge < -0.3 is 9.73 Å². The van der Waals surface area contributed by atoms with Gasteiger partial charge in [0.2, 0.25) is 0 Å². The molecular formula is C21H14Cl2N2O2. The monoisotopic (exact) mass is 396 g/mol. The maximum absolute atomic E-state index is 13.0. The molecule has 4 aromatic rings. The van der Waals surface area contributed by atoms with Crippen LogP contribution in [0.25, 0.3) is 22.4 Å². The van der Waals surface area contributed by atoms with E-state index in [0.717, 1.165) is 11.1 Å². The molecule has 27 heavy (non-hydrogen) atoms. The van der Waals surface area contributed by atoms with Crippen molar-refractivity contribution in [2.45, 2.75) is 6.92 Å². The number of nitrogens with zero attached hydrogens (tertiary/aromatic N) is 1. The molecule has 0 aliphatic rings. The summed E-state index contributed by atoms with van der Waals surface area (Å²) >= 11 is 12.0. The molecule has 4 nitrogen and oxygen atoms in total. The van der Waals surface area contributed by atoms with E-state index in [4.69, 9.17) is 27.6 Å². The second-order valence-electron chi connectivity index (χ2n) is 6.09. The molecule has 0 fully saturated rings. The van der Waals surface area contributed by atoms with Crippen LogP contribution in [0.4, 0.5) is 5.69 Å². The molecule has 134 valence electrons. The number of para-hydroxylation sites is 1. The lowest BCUT2D eigenvalue weighted by Crippen LogP contribution is -2.13. The van der Waals surface area contributed by atoms with Gasteiger partial charge in [-0.05, 0) is 49.4 Å². The standard InChI is InChI=1S/C21H14Cl2N2O2/c1-12-6-7-20(27-12)19-11-17(16-4-2-3-5-18(16)25-19)21(26)24-15-9-13(22)8-14(23)10-15/h2-11H,1H3,(H,24,26). The normalized spacial score (nSPS) is 10.9. The van der Waals surface area contributed by atoms with Gasteiger partial charge in [-0.1, -0.05) is 41.4 Å². The minimum Gasteiger partial charge on any atom is -0.460 e. The Hall–Kier alpha value is -2.82. The number of pyridine rings is 1. The molecule has 0 unspecified atom stereocenters. The van der Waals surface area contributed by atoms with Crippen LogP contribution in [0.15, 0.2) is 65.1 Å². The predicted octanol–water partition coefficient (Wildman–Crippen LogP) is 6.36. The van der Waals surface area contributed by atoms with Gasteiger partial charge in [-0.3, -0.25) is 4.79 Å². The second kappa shape index (κ2) is 7.06. The Morgan fingerprint density at radius 2 is 1.74 bits per heavy atom. The summed E-state index contributed by atoms with van der Waals surface area (Å²) in [6, 6.07) is 17.8. The summed E-state index contributed by atoms with van der Waals surface area (Å²) in [5.41, 5.74) is 2.31. The van der Waals surface area contributed by atoms with E-state index in [1.807, 2.05) is 43.3 Å². The lowest BCUT2D eigenvalue weighted by atomic mass is 10.1. The first kappa shape index (κ1) is 17.6. The molecule has 0 bridgehead atoms. The number of hydrogen-bond donors (Lipinski definition) is 1. The highest BCUT2D eigenvalue weighted by Gasteiger charge is 2.16. The van der Waals surface area contributed by atoms with E-state index in [1.165, 1.54) is 0 Å². The highest BCUT2D eigenvalue weighted by Crippen LogP contribution is 2.28. The highest BCUT2D eigenvalue weighted by molar-refractivity contribution is 6.35. The van der Waals surface area contributed by atoms with Crippen LogP contribution in [0.2, 0.25) is 10.0 Å². The van der Waals surface area contributed by atoms with Crippen LogP contribution in [0, 0.1) is 6.92 Å². The number of hydrogen-bond acceptors (Lipinski definition) is 3. The van der Waals surface area contributed by atoms with E-state index < -0.39 is 0 Å². The first-order chi connectivity index (χ1) is 13.0. The minimum absolute atomic E-state index is 0.281. The molecule has 2 aromatic carbocycles. The number of furan rings is 1. The SMILES string of the molecule is Cc1ccc(-c2cc(C(=O)Nc3cc(Cl)cc(Cl)c3)c3ccccc3n2)o1. The van der Waals surface area contributed by atoms with Gasteiger partial charge in [-0.2, -0.15) is 0 Å². The van der Waals surface area contributed by atoms with Crippen molar-refractivity contribution in [1.82, 2.24) is 4.98 Å². The van der Waals surface area contributed by atoms with Gasteiger partial charge in [-0.15, -0.1) is 0 Å². The molecule has 0 radical (unpaired) electrons. The van der Waals surface area contributed by atoms with Gasteiger partial charge in [0.05, 0.1) is 11.1 Å². The maximum atomic E-state index is 13.0. The van der Waals surface area contributed by atoms with Crippen molar-refractivity contribution in [2.75, 3.05) is 5.32 Å². The third-order valence-corrected chi connectivity index (χ3v) is 4.51. The zero-order chi connectivity index (χ0) is 19.0. The van der Waals surface area contributed by atoms with Crippen molar-refractivity contribution < 1.29 is 9.21 Å². The van der Waals surface area contributed by atoms with Crippen molar-refractivity contribution in [3.63, 3.8) is 0 Å². The summed E-state index contributed by atoms with van der Waals surface area (Å²) in [5.74, 6) is 1.11. The van der Waals surface area contributed by atoms with Crippen LogP contribution in [-0.4, -0.2) is 10.9 Å². The van der Waals surface area contributed by atoms with Crippen molar-refractivity contribution in [3.8, 4) is 11.5 Å². The Labute approximate surface area is 165 Å². The lowest BCUT2D eigenvalue weighted by molar-refractivity contribution is 0.102. The van der Waals surface area contributed by atoms with Gasteiger partial charge in [-0.25, -0.2) is 4.98 Å². The van der Waals surface area contributed by atoms with E-state index in [-0.39, 0.29) is 5.91 Å². The highest BCUT2D eigenvalue weighted by atomic mass is 35.5. The third-order valence-electron chi connectivity index (χ3n) is 4.07. The van der Waals surface area contributed by atoms with E-state index in [2.05, 4.69) is 10.3 Å². The molecule has 0 saturated heterocycles. The fourth-order valence-electron chi connectivity index (χ4n) is 2.89. The number of amides is 1. The van der Waals surface area contributed by atoms with Crippen molar-refractivity contribution >= 4 is 45.7 Å². The van der Waals surface area contributed by atoms with Crippen molar-refractivity contribution in [1.29, 1.82) is 0 Å². The van der Waals surface area contributed by atoms with Gasteiger partial charge in [0.15, 0.2) is 5.76 Å². The van der Waals surface area contributed by atoms with Gasteiger partial charge in [0, 0.05) is 21.1 Å². The van der Waals surface area contributed by atoms with Crippen molar-refractivity contribution in [3.05, 3.63) is 82.0 Å². The molecule has 4 rings (SSSR count). The first-order valence-electron chi connectivity index (χ1n) is 8.23. The largest absolute Gasteiger partial charge is 0.460 e. The number of fused-ring (bicyclic) bond motifs is 1. The van der Waals surface area contributed by atoms with Crippen LogP contribution in [-0.2, 0) is 0 Å². The Balaban J connectivity index is 1.80. The summed E-state index contributed by atoms with van der Waals surface area (Å²) in [6.07, 6.45) is 0. The van der Waals surface area contributed by atoms with Crippen LogP contribution >= 0.6 is 23.2 Å². The van der Waals surface area contributed by atoms with Crippen LogP contribution in [0.3, 0.4) is 0 Å². The molecular weight excluding hydrogens is 383 g/mol. The van der Waals surface area contributed by atoms with E-state index >= 15 is 0 Å². The minimum atomic E-state index is -0.281. The topological polar surface area (TPSA) is 55.1 Å². The summed E-state index contributed by atoms with van der Waals surface area (Å²) < 4.78 is 5.67. The zero-order valence-corrected chi connectivity index (χ0v) is 15.8. The fourth-order valence-corrected chi connectivity index (χ4v) is 3.41. The van der Waals surface area contributed by atoms with E-state index in [9.17, 15) is 4.79 Å². The van der Waals surface area contributed by atoms with Crippen molar-refractivity contribution in [2.24, 2.45) is 0 Å². The third kappa shape index (κ3) is 3.68. The van der Waals surface area contributed by atoms with Gasteiger partial charge >= 0.3 is 0 Å². The molecule has 0 aliphatic carbocycles. The number of aromatic nitrogens is 1. The van der Waals surface area contributed by atoms with E-state index in [1.54, 1.807) is 24.3 Å². The van der Waals surface area contributed by atoms with Crippen LogP contribution in [0.1, 0.15) is 16.1 Å². The first-order valence-corrected chi connectivity index (χ1v) is 8.99. The molecule has 0 atom stereocenters. The molecule has 1 amide bonds. The number of carbonyl (C=O) groups excluding carboxylic acids is 1.